The van der Waals surface area contributed by atoms with Crippen LogP contribution in [0.1, 0.15) is 58.1 Å². The van der Waals surface area contributed by atoms with Gasteiger partial charge in [-0.25, -0.2) is 0 Å². The average molecular weight is 991 g/mol. The van der Waals surface area contributed by atoms with Crippen LogP contribution in [0.4, 0.5) is 11.4 Å². The third-order valence-corrected chi connectivity index (χ3v) is 16.5. The summed E-state index contributed by atoms with van der Waals surface area (Å²) in [4.78, 5) is 2.64. The van der Waals surface area contributed by atoms with Gasteiger partial charge in [0, 0.05) is 44.4 Å². The Morgan fingerprint density at radius 2 is 0.675 bits per heavy atom. The van der Waals surface area contributed by atoms with Crippen molar-refractivity contribution in [2.75, 3.05) is 4.81 Å². The SMILES string of the molecule is CC1(C)CCCC(C)(C)N1.c1ccc(-c2ccc3ccccc3c2Cc2c(-c3ccccc3)ccc3ccccc23)cc1.c1ccc2c(c1)B1c3ccccc3-c3ccc4ccccc4c3N1c1c-2ccc2ccccc12. The Kier molecular flexibility index (Phi) is 12.4. The van der Waals surface area contributed by atoms with Gasteiger partial charge in [0.1, 0.15) is 0 Å². The van der Waals surface area contributed by atoms with Crippen LogP contribution in [0.3, 0.4) is 0 Å². The molecule has 0 atom stereocenters. The molecule has 3 aliphatic heterocycles. The smallest absolute Gasteiger partial charge is 0.329 e. The third kappa shape index (κ3) is 8.99. The maximum absolute atomic E-state index is 3.63. The Hall–Kier alpha value is -8.50. The van der Waals surface area contributed by atoms with Crippen LogP contribution in [0.25, 0.3) is 87.6 Å². The van der Waals surface area contributed by atoms with E-state index in [-0.39, 0.29) is 6.85 Å². The molecule has 0 unspecified atom stereocenters. The summed E-state index contributed by atoms with van der Waals surface area (Å²) in [7, 11) is 0. The van der Waals surface area contributed by atoms with E-state index in [0.29, 0.717) is 11.1 Å². The van der Waals surface area contributed by atoms with Gasteiger partial charge < -0.3 is 10.1 Å². The molecule has 0 saturated carbocycles. The summed E-state index contributed by atoms with van der Waals surface area (Å²) in [5, 5.41) is 14.0. The minimum atomic E-state index is 0.129. The first-order valence-electron chi connectivity index (χ1n) is 27.6. The lowest BCUT2D eigenvalue weighted by atomic mass is 9.43. The molecular weight excluding hydrogens is 928 g/mol. The molecule has 0 amide bonds. The van der Waals surface area contributed by atoms with Gasteiger partial charge in [-0.2, -0.15) is 0 Å². The zero-order valence-corrected chi connectivity index (χ0v) is 44.6. The molecule has 0 bridgehead atoms. The number of benzene rings is 12. The van der Waals surface area contributed by atoms with E-state index in [9.17, 15) is 0 Å². The van der Waals surface area contributed by atoms with Gasteiger partial charge >= 0.3 is 6.85 Å². The van der Waals surface area contributed by atoms with Crippen molar-refractivity contribution in [3.63, 3.8) is 0 Å². The molecule has 1 saturated heterocycles. The predicted octanol–water partition coefficient (Wildman–Crippen LogP) is 18.1. The van der Waals surface area contributed by atoms with E-state index in [0.717, 1.165) is 6.42 Å². The average Bonchev–Trinajstić information content (AvgIpc) is 3.52. The zero-order valence-electron chi connectivity index (χ0n) is 44.6. The van der Waals surface area contributed by atoms with Crippen LogP contribution in [0, 0.1) is 0 Å². The molecule has 372 valence electrons. The van der Waals surface area contributed by atoms with Gasteiger partial charge in [-0.3, -0.25) is 0 Å². The zero-order chi connectivity index (χ0) is 52.1. The maximum atomic E-state index is 3.63. The van der Waals surface area contributed by atoms with Gasteiger partial charge in [-0.15, -0.1) is 0 Å². The van der Waals surface area contributed by atoms with Crippen LogP contribution >= 0.6 is 0 Å². The molecule has 3 heteroatoms. The van der Waals surface area contributed by atoms with Crippen LogP contribution in [-0.2, 0) is 6.42 Å². The standard InChI is InChI=1S/C33H24.C32H20BN.C9H19N/c1-3-11-24(12-4-1)30-21-19-26-15-7-9-17-28(26)32(30)23-33-29-18-10-8-16-27(29)20-22-31(33)25-13-5-2-6-14-25;1-3-11-23-21(9-1)17-19-27-25-13-5-7-15-29(25)33-30-16-8-6-14-26(30)28-20-18-22-10-2-4-12-24(22)32(28)34(33)31(23)27;1-8(2)6-5-7-9(3,4)10-8/h1-22H,23H2;1-20H;10H,5-7H2,1-4H3. The normalized spacial score (nSPS) is 14.5. The second-order valence-electron chi connectivity index (χ2n) is 22.6. The fraction of sp³-hybridized carbons (Fsp3) is 0.135. The minimum Gasteiger partial charge on any atom is -0.375 e. The lowest BCUT2D eigenvalue weighted by Crippen LogP contribution is -2.59. The first kappa shape index (κ1) is 48.2. The molecule has 12 aromatic rings. The number of hydrogen-bond donors (Lipinski definition) is 1. The molecule has 15 rings (SSSR count). The van der Waals surface area contributed by atoms with Crippen molar-refractivity contribution in [1.82, 2.24) is 5.32 Å². The summed E-state index contributed by atoms with van der Waals surface area (Å²) in [6.45, 7) is 9.27. The maximum Gasteiger partial charge on any atom is 0.329 e. The topological polar surface area (TPSA) is 15.3 Å². The molecular formula is C74H63BN2. The number of anilines is 2. The molecule has 0 radical (unpaired) electrons. The van der Waals surface area contributed by atoms with Gasteiger partial charge in [-0.05, 0) is 141 Å². The molecule has 3 aliphatic rings. The van der Waals surface area contributed by atoms with E-state index >= 15 is 0 Å². The largest absolute Gasteiger partial charge is 0.375 e. The highest BCUT2D eigenvalue weighted by Gasteiger charge is 2.43. The molecule has 1 N–H and O–H groups in total. The number of hydrogen-bond acceptors (Lipinski definition) is 2. The number of rotatable bonds is 4. The molecule has 3 heterocycles. The third-order valence-electron chi connectivity index (χ3n) is 16.5. The fourth-order valence-corrected chi connectivity index (χ4v) is 13.3. The van der Waals surface area contributed by atoms with E-state index in [1.165, 1.54) is 140 Å². The Balaban J connectivity index is 0.000000125. The van der Waals surface area contributed by atoms with Gasteiger partial charge in [0.05, 0.1) is 0 Å². The van der Waals surface area contributed by atoms with Crippen LogP contribution < -0.4 is 21.1 Å². The molecule has 12 aromatic carbocycles. The molecule has 0 aliphatic carbocycles. The summed E-state index contributed by atoms with van der Waals surface area (Å²) in [5.74, 6) is 0. The lowest BCUT2D eigenvalue weighted by Gasteiger charge is -2.44. The van der Waals surface area contributed by atoms with Crippen molar-refractivity contribution in [3.05, 3.63) is 266 Å². The molecule has 2 nitrogen and oxygen atoms in total. The van der Waals surface area contributed by atoms with Crippen LogP contribution in [0.5, 0.6) is 0 Å². The number of nitrogens with zero attached hydrogens (tertiary/aromatic N) is 1. The molecule has 1 fully saturated rings. The van der Waals surface area contributed by atoms with E-state index in [1.54, 1.807) is 0 Å². The van der Waals surface area contributed by atoms with Gasteiger partial charge in [0.15, 0.2) is 0 Å². The Bertz CT molecular complexity index is 3890. The van der Waals surface area contributed by atoms with E-state index in [2.05, 4.69) is 293 Å². The van der Waals surface area contributed by atoms with Crippen molar-refractivity contribution in [3.8, 4) is 44.5 Å². The molecule has 0 spiro atoms. The second-order valence-corrected chi connectivity index (χ2v) is 22.6. The summed E-state index contributed by atoms with van der Waals surface area (Å²) in [6.07, 6.45) is 4.87. The highest BCUT2D eigenvalue weighted by Crippen LogP contribution is 2.51. The van der Waals surface area contributed by atoms with E-state index < -0.39 is 0 Å². The van der Waals surface area contributed by atoms with Gasteiger partial charge in [0.25, 0.3) is 0 Å². The first-order chi connectivity index (χ1) is 37.7. The summed E-state index contributed by atoms with van der Waals surface area (Å²) in [6, 6.07) is 92.9. The monoisotopic (exact) mass is 991 g/mol. The Morgan fingerprint density at radius 3 is 1.08 bits per heavy atom. The predicted molar refractivity (Wildman–Crippen MR) is 333 cm³/mol. The van der Waals surface area contributed by atoms with E-state index in [1.807, 2.05) is 0 Å². The van der Waals surface area contributed by atoms with E-state index in [4.69, 9.17) is 0 Å². The van der Waals surface area contributed by atoms with Gasteiger partial charge in [0.2, 0.25) is 0 Å². The molecule has 0 aromatic heterocycles. The summed E-state index contributed by atoms with van der Waals surface area (Å²) >= 11 is 0. The molecule has 77 heavy (non-hydrogen) atoms. The highest BCUT2D eigenvalue weighted by molar-refractivity contribution is 6.93. The van der Waals surface area contributed by atoms with Crippen molar-refractivity contribution >= 4 is 72.2 Å². The Morgan fingerprint density at radius 1 is 0.338 bits per heavy atom. The summed E-state index contributed by atoms with van der Waals surface area (Å²) in [5.41, 5.74) is 19.3. The van der Waals surface area contributed by atoms with Crippen molar-refractivity contribution in [2.24, 2.45) is 0 Å². The number of piperidine rings is 1. The first-order valence-corrected chi connectivity index (χ1v) is 27.6. The number of fused-ring (bicyclic) bond motifs is 17. The van der Waals surface area contributed by atoms with Gasteiger partial charge in [-0.1, -0.05) is 255 Å². The lowest BCUT2D eigenvalue weighted by molar-refractivity contribution is 0.183. The Labute approximate surface area is 454 Å². The van der Waals surface area contributed by atoms with Crippen LogP contribution in [-0.4, -0.2) is 17.9 Å². The van der Waals surface area contributed by atoms with Crippen LogP contribution in [0.15, 0.2) is 255 Å². The van der Waals surface area contributed by atoms with Crippen LogP contribution in [0.2, 0.25) is 0 Å². The van der Waals surface area contributed by atoms with Crippen molar-refractivity contribution < 1.29 is 0 Å². The number of nitrogens with one attached hydrogen (secondary N) is 1. The fourth-order valence-electron chi connectivity index (χ4n) is 13.3. The second kappa shape index (κ2) is 19.9. The van der Waals surface area contributed by atoms with Crippen molar-refractivity contribution in [1.29, 1.82) is 0 Å². The highest BCUT2D eigenvalue weighted by atomic mass is 15.1. The summed E-state index contributed by atoms with van der Waals surface area (Å²) < 4.78 is 0. The minimum absolute atomic E-state index is 0.129. The van der Waals surface area contributed by atoms with Crippen molar-refractivity contribution in [2.45, 2.75) is 64.5 Å². The quantitative estimate of drug-likeness (QED) is 0.177.